The third-order valence-corrected chi connectivity index (χ3v) is 8.85. The van der Waals surface area contributed by atoms with Gasteiger partial charge in [-0.3, -0.25) is 9.36 Å². The van der Waals surface area contributed by atoms with Crippen molar-refractivity contribution in [3.8, 4) is 12.3 Å². The van der Waals surface area contributed by atoms with E-state index in [9.17, 15) is 19.1 Å². The minimum atomic E-state index is -1.69. The molecule has 0 aliphatic carbocycles. The van der Waals surface area contributed by atoms with Crippen molar-refractivity contribution in [3.05, 3.63) is 47.8 Å². The highest BCUT2D eigenvalue weighted by molar-refractivity contribution is 5.91. The SMILES string of the molecule is C#C[C@]1(CO)O[C@@H](n2cnc3c(N)nc(F)nc32)C[C@@H]1OC(=O)c1ccccc1COC(=O)CCCCCCCCCCCCCCC. The molecule has 4 rings (SSSR count). The van der Waals surface area contributed by atoms with E-state index < -0.39 is 36.6 Å². The summed E-state index contributed by atoms with van der Waals surface area (Å²) in [4.78, 5) is 37.3. The highest BCUT2D eigenvalue weighted by Crippen LogP contribution is 2.40. The number of nitrogens with zero attached hydrogens (tertiary/aromatic N) is 4. The molecular weight excluding hydrogens is 617 g/mol. The van der Waals surface area contributed by atoms with E-state index in [0.29, 0.717) is 12.0 Å². The number of fused-ring (bicyclic) bond motifs is 1. The van der Waals surface area contributed by atoms with Gasteiger partial charge in [-0.25, -0.2) is 9.78 Å². The van der Waals surface area contributed by atoms with Crippen LogP contribution in [-0.4, -0.2) is 54.9 Å². The van der Waals surface area contributed by atoms with E-state index in [1.807, 2.05) is 0 Å². The second-order valence-corrected chi connectivity index (χ2v) is 12.4. The molecule has 1 saturated heterocycles. The number of aromatic nitrogens is 4. The molecule has 1 fully saturated rings. The number of hydrogen-bond donors (Lipinski definition) is 2. The van der Waals surface area contributed by atoms with Gasteiger partial charge in [0.05, 0.1) is 18.5 Å². The topological polar surface area (TPSA) is 152 Å². The number of aliphatic hydroxyl groups is 1. The van der Waals surface area contributed by atoms with Gasteiger partial charge in [-0.15, -0.1) is 6.42 Å². The number of imidazole rings is 1. The molecule has 12 heteroatoms. The Labute approximate surface area is 281 Å². The average molecular weight is 666 g/mol. The molecule has 3 N–H and O–H groups in total. The fraction of sp³-hybridized carbons (Fsp3) is 0.583. The second kappa shape index (κ2) is 18.5. The van der Waals surface area contributed by atoms with Gasteiger partial charge in [0.1, 0.15) is 18.9 Å². The highest BCUT2D eigenvalue weighted by atomic mass is 19.1. The first-order valence-corrected chi connectivity index (χ1v) is 17.2. The van der Waals surface area contributed by atoms with Crippen molar-refractivity contribution < 1.29 is 33.3 Å². The van der Waals surface area contributed by atoms with Gasteiger partial charge in [0, 0.05) is 18.4 Å². The largest absolute Gasteiger partial charge is 0.461 e. The lowest BCUT2D eigenvalue weighted by Gasteiger charge is -2.27. The molecule has 0 unspecified atom stereocenters. The summed E-state index contributed by atoms with van der Waals surface area (Å²) in [5.41, 5.74) is 4.97. The molecule has 0 bridgehead atoms. The number of unbranched alkanes of at least 4 members (excludes halogenated alkanes) is 12. The van der Waals surface area contributed by atoms with Crippen molar-refractivity contribution in [1.29, 1.82) is 0 Å². The fourth-order valence-corrected chi connectivity index (χ4v) is 6.04. The second-order valence-electron chi connectivity index (χ2n) is 12.4. The van der Waals surface area contributed by atoms with Crippen LogP contribution in [-0.2, 0) is 25.6 Å². The van der Waals surface area contributed by atoms with Gasteiger partial charge in [-0.05, 0) is 12.5 Å². The standard InChI is InChI=1S/C36H48FN5O6/c1-3-5-6-7-8-9-10-11-12-13-14-15-16-21-30(44)46-23-26-19-17-18-20-27(26)34(45)47-28-22-29(48-36(28,4-2)24-43)42-25-39-31-32(38)40-35(37)41-33(31)42/h2,17-20,25,28-29,43H,3,5-16,21-24H2,1H3,(H2,38,40,41)/t28-,29+,36+/m0/s1. The van der Waals surface area contributed by atoms with Gasteiger partial charge < -0.3 is 25.1 Å². The maximum absolute atomic E-state index is 13.9. The fourth-order valence-electron chi connectivity index (χ4n) is 6.04. The Balaban J connectivity index is 1.24. The number of nitrogen functional groups attached to an aromatic ring is 1. The van der Waals surface area contributed by atoms with E-state index in [0.717, 1.165) is 19.3 Å². The third-order valence-electron chi connectivity index (χ3n) is 8.85. The summed E-state index contributed by atoms with van der Waals surface area (Å²) in [6, 6.07) is 6.64. The number of nitrogens with two attached hydrogens (primary N) is 1. The summed E-state index contributed by atoms with van der Waals surface area (Å²) in [6.07, 6.45) is 20.3. The Morgan fingerprint density at radius 2 is 1.71 bits per heavy atom. The first kappa shape index (κ1) is 36.8. The summed E-state index contributed by atoms with van der Waals surface area (Å²) in [5.74, 6) is 1.22. The highest BCUT2D eigenvalue weighted by Gasteiger charge is 2.51. The number of carbonyl (C=O) groups excluding carboxylic acids is 2. The number of esters is 2. The Hall–Kier alpha value is -4.08. The number of benzene rings is 1. The van der Waals surface area contributed by atoms with Gasteiger partial charge in [0.15, 0.2) is 22.6 Å². The van der Waals surface area contributed by atoms with Crippen molar-refractivity contribution >= 4 is 28.9 Å². The van der Waals surface area contributed by atoms with Crippen molar-refractivity contribution in [2.75, 3.05) is 12.3 Å². The van der Waals surface area contributed by atoms with E-state index in [-0.39, 0.29) is 41.5 Å². The lowest BCUT2D eigenvalue weighted by Crippen LogP contribution is -2.44. The monoisotopic (exact) mass is 665 g/mol. The van der Waals surface area contributed by atoms with Crippen LogP contribution in [0.4, 0.5) is 10.2 Å². The maximum Gasteiger partial charge on any atom is 0.338 e. The number of anilines is 1. The number of hydrogen-bond acceptors (Lipinski definition) is 10. The molecule has 2 aromatic heterocycles. The zero-order chi connectivity index (χ0) is 34.4. The van der Waals surface area contributed by atoms with E-state index in [2.05, 4.69) is 27.8 Å². The van der Waals surface area contributed by atoms with Crippen LogP contribution in [0, 0.1) is 18.4 Å². The zero-order valence-corrected chi connectivity index (χ0v) is 27.9. The van der Waals surface area contributed by atoms with Crippen LogP contribution in [0.5, 0.6) is 0 Å². The smallest absolute Gasteiger partial charge is 0.338 e. The Morgan fingerprint density at radius 3 is 2.35 bits per heavy atom. The molecule has 1 aliphatic rings. The van der Waals surface area contributed by atoms with Crippen LogP contribution in [0.1, 0.15) is 125 Å². The number of terminal acetylenes is 1. The Kier molecular flexibility index (Phi) is 14.1. The maximum atomic E-state index is 13.9. The van der Waals surface area contributed by atoms with Crippen LogP contribution < -0.4 is 5.73 Å². The Morgan fingerprint density at radius 1 is 1.06 bits per heavy atom. The van der Waals surface area contributed by atoms with Crippen LogP contribution in [0.2, 0.25) is 0 Å². The van der Waals surface area contributed by atoms with Gasteiger partial charge >= 0.3 is 18.0 Å². The summed E-state index contributed by atoms with van der Waals surface area (Å²) in [5, 5.41) is 10.2. The molecular formula is C36H48FN5O6. The zero-order valence-electron chi connectivity index (χ0n) is 27.9. The Bertz CT molecular complexity index is 1540. The number of rotatable bonds is 20. The number of carbonyl (C=O) groups is 2. The third kappa shape index (κ3) is 9.73. The summed E-state index contributed by atoms with van der Waals surface area (Å²) >= 11 is 0. The molecule has 3 atom stereocenters. The molecule has 48 heavy (non-hydrogen) atoms. The first-order chi connectivity index (χ1) is 23.3. The molecule has 0 amide bonds. The van der Waals surface area contributed by atoms with Crippen LogP contribution in [0.15, 0.2) is 30.6 Å². The molecule has 0 spiro atoms. The minimum absolute atomic E-state index is 0.00373. The lowest BCUT2D eigenvalue weighted by molar-refractivity contribution is -0.145. The van der Waals surface area contributed by atoms with E-state index in [1.165, 1.54) is 75.1 Å². The first-order valence-electron chi connectivity index (χ1n) is 17.2. The van der Waals surface area contributed by atoms with E-state index >= 15 is 0 Å². The minimum Gasteiger partial charge on any atom is -0.461 e. The predicted octanol–water partition coefficient (Wildman–Crippen LogP) is 6.58. The average Bonchev–Trinajstić information content (AvgIpc) is 3.67. The molecule has 260 valence electrons. The molecule has 3 heterocycles. The van der Waals surface area contributed by atoms with Crippen molar-refractivity contribution in [1.82, 2.24) is 19.5 Å². The van der Waals surface area contributed by atoms with E-state index in [4.69, 9.17) is 26.4 Å². The molecule has 11 nitrogen and oxygen atoms in total. The van der Waals surface area contributed by atoms with E-state index in [1.54, 1.807) is 24.3 Å². The lowest BCUT2D eigenvalue weighted by atomic mass is 9.98. The number of ether oxygens (including phenoxy) is 3. The van der Waals surface area contributed by atoms with Gasteiger partial charge in [0.2, 0.25) is 0 Å². The quantitative estimate of drug-likeness (QED) is 0.0586. The van der Waals surface area contributed by atoms with Crippen LogP contribution >= 0.6 is 0 Å². The summed E-state index contributed by atoms with van der Waals surface area (Å²) in [6.45, 7) is 1.49. The number of halogens is 1. The van der Waals surface area contributed by atoms with Crippen molar-refractivity contribution in [3.63, 3.8) is 0 Å². The molecule has 3 aromatic rings. The molecule has 0 saturated carbocycles. The summed E-state index contributed by atoms with van der Waals surface area (Å²) < 4.78 is 32.7. The molecule has 1 aliphatic heterocycles. The number of aliphatic hydroxyl groups excluding tert-OH is 1. The van der Waals surface area contributed by atoms with Gasteiger partial charge in [-0.1, -0.05) is 108 Å². The predicted molar refractivity (Wildman–Crippen MR) is 179 cm³/mol. The molecule has 0 radical (unpaired) electrons. The summed E-state index contributed by atoms with van der Waals surface area (Å²) in [7, 11) is 0. The van der Waals surface area contributed by atoms with Crippen LogP contribution in [0.3, 0.4) is 0 Å². The van der Waals surface area contributed by atoms with Crippen molar-refractivity contribution in [2.45, 2.75) is 128 Å². The van der Waals surface area contributed by atoms with Crippen LogP contribution in [0.25, 0.3) is 11.2 Å². The molecule has 1 aromatic carbocycles. The van der Waals surface area contributed by atoms with Gasteiger partial charge in [-0.2, -0.15) is 14.4 Å². The normalized spacial score (nSPS) is 19.0. The van der Waals surface area contributed by atoms with Crippen molar-refractivity contribution in [2.24, 2.45) is 0 Å². The van der Waals surface area contributed by atoms with Gasteiger partial charge in [0.25, 0.3) is 0 Å².